The molecular formula is C28H31N5O3. The SMILES string of the molecule is CC1CCC(C(=O)N(c2nn(-c3ccc(-c4cc5ccccc5[nH]4)cn3)cc2C(=O)O)C(C)C)CC1. The summed E-state index contributed by atoms with van der Waals surface area (Å²) in [6.07, 6.45) is 6.83. The zero-order valence-electron chi connectivity index (χ0n) is 20.8. The van der Waals surface area contributed by atoms with Gasteiger partial charge in [-0.1, -0.05) is 25.1 Å². The zero-order valence-corrected chi connectivity index (χ0v) is 20.8. The van der Waals surface area contributed by atoms with Crippen LogP contribution in [0.4, 0.5) is 5.82 Å². The minimum atomic E-state index is -1.12. The summed E-state index contributed by atoms with van der Waals surface area (Å²) in [6.45, 7) is 5.99. The molecule has 5 rings (SSSR count). The summed E-state index contributed by atoms with van der Waals surface area (Å²) in [7, 11) is 0. The molecule has 1 aliphatic rings. The second-order valence-corrected chi connectivity index (χ2v) is 10.1. The number of aromatic nitrogens is 4. The number of hydrogen-bond donors (Lipinski definition) is 2. The molecule has 3 heterocycles. The highest BCUT2D eigenvalue weighted by molar-refractivity contribution is 6.01. The molecule has 0 radical (unpaired) electrons. The number of carboxylic acid groups (broad SMARTS) is 1. The van der Waals surface area contributed by atoms with Gasteiger partial charge in [0.25, 0.3) is 0 Å². The van der Waals surface area contributed by atoms with E-state index < -0.39 is 5.97 Å². The van der Waals surface area contributed by atoms with Gasteiger partial charge in [0, 0.05) is 46.5 Å². The van der Waals surface area contributed by atoms with E-state index >= 15 is 0 Å². The molecule has 186 valence electrons. The predicted molar refractivity (Wildman–Crippen MR) is 139 cm³/mol. The molecule has 8 nitrogen and oxygen atoms in total. The molecule has 1 fully saturated rings. The minimum absolute atomic E-state index is 0.0114. The van der Waals surface area contributed by atoms with Gasteiger partial charge in [0.2, 0.25) is 5.91 Å². The third-order valence-corrected chi connectivity index (χ3v) is 7.10. The third-order valence-electron chi connectivity index (χ3n) is 7.10. The van der Waals surface area contributed by atoms with E-state index in [-0.39, 0.29) is 29.2 Å². The van der Waals surface area contributed by atoms with Gasteiger partial charge >= 0.3 is 5.97 Å². The van der Waals surface area contributed by atoms with E-state index in [2.05, 4.69) is 28.1 Å². The van der Waals surface area contributed by atoms with Crippen molar-refractivity contribution in [2.75, 3.05) is 4.90 Å². The Labute approximate surface area is 210 Å². The van der Waals surface area contributed by atoms with Crippen LogP contribution in [0.15, 0.2) is 54.9 Å². The Morgan fingerprint density at radius 1 is 1.11 bits per heavy atom. The largest absolute Gasteiger partial charge is 0.477 e. The second kappa shape index (κ2) is 9.60. The van der Waals surface area contributed by atoms with Crippen molar-refractivity contribution < 1.29 is 14.7 Å². The standard InChI is InChI=1S/C28H31N5O3/c1-17(2)33(27(34)19-10-8-18(3)9-11-19)26-22(28(35)36)16-32(31-26)25-13-12-21(15-29-25)24-14-20-6-4-5-7-23(20)30-24/h4-7,12-19,30H,8-11H2,1-3H3,(H,35,36). The second-order valence-electron chi connectivity index (χ2n) is 10.1. The number of benzene rings is 1. The molecule has 1 aliphatic carbocycles. The van der Waals surface area contributed by atoms with Gasteiger partial charge in [-0.2, -0.15) is 0 Å². The maximum Gasteiger partial charge on any atom is 0.341 e. The quantitative estimate of drug-likeness (QED) is 0.366. The Bertz CT molecular complexity index is 1360. The number of H-pyrrole nitrogens is 1. The van der Waals surface area contributed by atoms with Crippen LogP contribution in [-0.2, 0) is 4.79 Å². The van der Waals surface area contributed by atoms with Crippen LogP contribution in [0.3, 0.4) is 0 Å². The topological polar surface area (TPSA) is 104 Å². The maximum absolute atomic E-state index is 13.5. The van der Waals surface area contributed by atoms with E-state index in [1.807, 2.05) is 44.2 Å². The fraction of sp³-hybridized carbons (Fsp3) is 0.357. The maximum atomic E-state index is 13.5. The van der Waals surface area contributed by atoms with Gasteiger partial charge in [-0.15, -0.1) is 5.10 Å². The molecule has 1 aromatic carbocycles. The molecule has 0 unspecified atom stereocenters. The Morgan fingerprint density at radius 3 is 2.50 bits per heavy atom. The van der Waals surface area contributed by atoms with Crippen molar-refractivity contribution in [3.63, 3.8) is 0 Å². The van der Waals surface area contributed by atoms with E-state index in [4.69, 9.17) is 0 Å². The molecule has 1 saturated carbocycles. The molecular weight excluding hydrogens is 454 g/mol. The summed E-state index contributed by atoms with van der Waals surface area (Å²) in [5.41, 5.74) is 2.89. The number of aromatic carboxylic acids is 1. The predicted octanol–water partition coefficient (Wildman–Crippen LogP) is 5.68. The van der Waals surface area contributed by atoms with Crippen LogP contribution in [-0.4, -0.2) is 42.8 Å². The Morgan fingerprint density at radius 2 is 1.86 bits per heavy atom. The minimum Gasteiger partial charge on any atom is -0.477 e. The monoisotopic (exact) mass is 485 g/mol. The lowest BCUT2D eigenvalue weighted by Gasteiger charge is -2.32. The Kier molecular flexibility index (Phi) is 6.35. The van der Waals surface area contributed by atoms with E-state index in [0.29, 0.717) is 11.7 Å². The number of carbonyl (C=O) groups excluding carboxylic acids is 1. The van der Waals surface area contributed by atoms with E-state index in [0.717, 1.165) is 47.8 Å². The van der Waals surface area contributed by atoms with Gasteiger partial charge in [0.15, 0.2) is 11.6 Å². The number of carbonyl (C=O) groups is 2. The summed E-state index contributed by atoms with van der Waals surface area (Å²) >= 11 is 0. The lowest BCUT2D eigenvalue weighted by Crippen LogP contribution is -2.43. The first-order valence-electron chi connectivity index (χ1n) is 12.5. The van der Waals surface area contributed by atoms with Crippen LogP contribution in [0, 0.1) is 11.8 Å². The molecule has 4 aromatic rings. The van der Waals surface area contributed by atoms with Gasteiger partial charge in [-0.3, -0.25) is 9.69 Å². The van der Waals surface area contributed by atoms with E-state index in [1.165, 1.54) is 10.9 Å². The Balaban J connectivity index is 1.46. The number of hydrogen-bond acceptors (Lipinski definition) is 4. The summed E-state index contributed by atoms with van der Waals surface area (Å²) in [6, 6.07) is 13.6. The van der Waals surface area contributed by atoms with Gasteiger partial charge in [-0.25, -0.2) is 14.5 Å². The lowest BCUT2D eigenvalue weighted by atomic mass is 9.82. The number of pyridine rings is 1. The first-order chi connectivity index (χ1) is 17.3. The highest BCUT2D eigenvalue weighted by Crippen LogP contribution is 2.33. The average Bonchev–Trinajstić information content (AvgIpc) is 3.49. The van der Waals surface area contributed by atoms with Crippen LogP contribution >= 0.6 is 0 Å². The average molecular weight is 486 g/mol. The summed E-state index contributed by atoms with van der Waals surface area (Å²) in [4.78, 5) is 35.1. The molecule has 2 N–H and O–H groups in total. The van der Waals surface area contributed by atoms with Crippen LogP contribution in [0.1, 0.15) is 56.8 Å². The van der Waals surface area contributed by atoms with Crippen molar-refractivity contribution in [2.24, 2.45) is 11.8 Å². The van der Waals surface area contributed by atoms with Crippen LogP contribution in [0.25, 0.3) is 28.0 Å². The highest BCUT2D eigenvalue weighted by Gasteiger charge is 2.34. The zero-order chi connectivity index (χ0) is 25.4. The summed E-state index contributed by atoms with van der Waals surface area (Å²) in [5.74, 6) is -0.0137. The molecule has 0 atom stereocenters. The molecule has 0 spiro atoms. The van der Waals surface area contributed by atoms with Gasteiger partial charge in [0.1, 0.15) is 5.56 Å². The molecule has 0 saturated heterocycles. The normalized spacial score (nSPS) is 18.0. The number of fused-ring (bicyclic) bond motifs is 1. The van der Waals surface area contributed by atoms with E-state index in [1.54, 1.807) is 17.2 Å². The highest BCUT2D eigenvalue weighted by atomic mass is 16.4. The molecule has 3 aromatic heterocycles. The number of para-hydroxylation sites is 1. The number of rotatable bonds is 6. The number of carboxylic acids is 1. The smallest absolute Gasteiger partial charge is 0.341 e. The number of aromatic amines is 1. The van der Waals surface area contributed by atoms with Gasteiger partial charge in [0.05, 0.1) is 0 Å². The van der Waals surface area contributed by atoms with Crippen molar-refractivity contribution in [1.82, 2.24) is 19.7 Å². The van der Waals surface area contributed by atoms with Crippen molar-refractivity contribution in [2.45, 2.75) is 52.5 Å². The molecule has 0 aliphatic heterocycles. The van der Waals surface area contributed by atoms with E-state index in [9.17, 15) is 14.7 Å². The van der Waals surface area contributed by atoms with Crippen LogP contribution in [0.2, 0.25) is 0 Å². The molecule has 1 amide bonds. The molecule has 8 heteroatoms. The lowest BCUT2D eigenvalue weighted by molar-refractivity contribution is -0.124. The van der Waals surface area contributed by atoms with Gasteiger partial charge < -0.3 is 10.1 Å². The molecule has 0 bridgehead atoms. The number of anilines is 1. The van der Waals surface area contributed by atoms with Gasteiger partial charge in [-0.05, 0) is 69.7 Å². The van der Waals surface area contributed by atoms with Crippen molar-refractivity contribution >= 4 is 28.6 Å². The van der Waals surface area contributed by atoms with Crippen molar-refractivity contribution in [3.8, 4) is 17.1 Å². The first kappa shape index (κ1) is 23.8. The third kappa shape index (κ3) is 4.51. The van der Waals surface area contributed by atoms with Crippen molar-refractivity contribution in [3.05, 3.63) is 60.4 Å². The number of nitrogens with one attached hydrogen (secondary N) is 1. The molecule has 36 heavy (non-hydrogen) atoms. The van der Waals surface area contributed by atoms with Crippen molar-refractivity contribution in [1.29, 1.82) is 0 Å². The number of nitrogens with zero attached hydrogens (tertiary/aromatic N) is 4. The fourth-order valence-electron chi connectivity index (χ4n) is 5.03. The van der Waals surface area contributed by atoms with Crippen LogP contribution < -0.4 is 4.90 Å². The summed E-state index contributed by atoms with van der Waals surface area (Å²) < 4.78 is 1.44. The fourth-order valence-corrected chi connectivity index (χ4v) is 5.03. The first-order valence-corrected chi connectivity index (χ1v) is 12.5. The number of amides is 1. The Hall–Kier alpha value is -3.94. The summed E-state index contributed by atoms with van der Waals surface area (Å²) in [5, 5.41) is 15.6. The van der Waals surface area contributed by atoms with Crippen LogP contribution in [0.5, 0.6) is 0 Å².